The number of aliphatic imine (C=N–C) groups is 2. The number of nitrogens with zero attached hydrogens (tertiary/aromatic N) is 2. The summed E-state index contributed by atoms with van der Waals surface area (Å²) in [5, 5.41) is 14.9. The van der Waals surface area contributed by atoms with Gasteiger partial charge in [0, 0.05) is 22.8 Å². The van der Waals surface area contributed by atoms with Crippen molar-refractivity contribution >= 4 is 29.5 Å². The van der Waals surface area contributed by atoms with Crippen molar-refractivity contribution < 1.29 is 9.90 Å². The van der Waals surface area contributed by atoms with Crippen LogP contribution < -0.4 is 16.0 Å². The summed E-state index contributed by atoms with van der Waals surface area (Å²) in [4.78, 5) is 24.3. The molecule has 1 aromatic rings. The van der Waals surface area contributed by atoms with Gasteiger partial charge in [-0.15, -0.1) is 0 Å². The largest absolute Gasteiger partial charge is 0.481 e. The van der Waals surface area contributed by atoms with E-state index in [-0.39, 0.29) is 12.1 Å². The minimum absolute atomic E-state index is 0.0407. The fourth-order valence-electron chi connectivity index (χ4n) is 3.83. The average molecular weight is 358 g/mol. The summed E-state index contributed by atoms with van der Waals surface area (Å²) in [5.41, 5.74) is 3.34. The quantitative estimate of drug-likeness (QED) is 0.694. The number of aliphatic carboxylic acids is 1. The molecular weight excluding hydrogens is 340 g/mol. The van der Waals surface area contributed by atoms with Gasteiger partial charge in [0.25, 0.3) is 0 Å². The van der Waals surface area contributed by atoms with Crippen LogP contribution in [0.2, 0.25) is 0 Å². The minimum atomic E-state index is -0.793. The van der Waals surface area contributed by atoms with E-state index in [9.17, 15) is 9.90 Å². The summed E-state index contributed by atoms with van der Waals surface area (Å²) in [6.45, 7) is 0. The van der Waals surface area contributed by atoms with Gasteiger partial charge in [-0.1, -0.05) is 0 Å². The van der Waals surface area contributed by atoms with Gasteiger partial charge in [0.05, 0.1) is 28.7 Å². The van der Waals surface area contributed by atoms with Crippen LogP contribution in [0.3, 0.4) is 0 Å². The lowest BCUT2D eigenvalue weighted by Gasteiger charge is -2.11. The normalized spacial score (nSPS) is 28.1. The number of fused-ring (bicyclic) bond motifs is 6. The predicted molar refractivity (Wildman–Crippen MR) is 105 cm³/mol. The van der Waals surface area contributed by atoms with Crippen molar-refractivity contribution in [1.82, 2.24) is 10.3 Å². The number of rotatable bonds is 1. The molecule has 8 bridgehead atoms. The Kier molecular flexibility index (Phi) is 3.65. The van der Waals surface area contributed by atoms with E-state index < -0.39 is 11.9 Å². The zero-order valence-electron chi connectivity index (χ0n) is 14.5. The molecule has 0 spiro atoms. The van der Waals surface area contributed by atoms with Crippen molar-refractivity contribution in [3.63, 3.8) is 0 Å². The first-order chi connectivity index (χ1) is 13.1. The van der Waals surface area contributed by atoms with Crippen LogP contribution in [0.1, 0.15) is 6.42 Å². The Bertz CT molecular complexity index is 1130. The summed E-state index contributed by atoms with van der Waals surface area (Å²) in [6.07, 6.45) is 16.2. The Balaban J connectivity index is 1.63. The molecule has 1 saturated heterocycles. The molecule has 0 radical (unpaired) electrons. The Hall–Kier alpha value is -3.25. The van der Waals surface area contributed by atoms with Crippen LogP contribution in [0, 0.1) is 5.92 Å². The standard InChI is InChI=1S/C21H18N4O2/c26-21(27)19-10-18-9-16-4-3-14(23-16)7-12-1-2-13(22-12)8-15-5-6-17(24-15)11-20(19)25-18/h1-9,11,18-20,22,25H,10H2,(H,26,27). The minimum Gasteiger partial charge on any atom is -0.481 e. The van der Waals surface area contributed by atoms with Crippen molar-refractivity contribution in [2.24, 2.45) is 15.9 Å². The highest BCUT2D eigenvalue weighted by Gasteiger charge is 2.36. The number of aromatic amines is 1. The Morgan fingerprint density at radius 3 is 2.22 bits per heavy atom. The number of carboxylic acids is 1. The first-order valence-electron chi connectivity index (χ1n) is 8.97. The van der Waals surface area contributed by atoms with Crippen LogP contribution in [-0.2, 0) is 4.79 Å². The number of aromatic nitrogens is 1. The van der Waals surface area contributed by atoms with Gasteiger partial charge in [-0.05, 0) is 67.2 Å². The number of carbonyl (C=O) groups is 1. The molecule has 3 unspecified atom stereocenters. The maximum Gasteiger partial charge on any atom is 0.308 e. The van der Waals surface area contributed by atoms with E-state index >= 15 is 0 Å². The molecule has 3 atom stereocenters. The molecule has 0 amide bonds. The van der Waals surface area contributed by atoms with E-state index in [4.69, 9.17) is 0 Å². The SMILES string of the molecule is O=C(O)C1CC2C=C3C=CC(=N3)C=c3ccc([nH]3)=CC3=NC(=CC1N2)C=C3. The third kappa shape index (κ3) is 3.15. The summed E-state index contributed by atoms with van der Waals surface area (Å²) >= 11 is 0. The van der Waals surface area contributed by atoms with E-state index in [0.29, 0.717) is 6.42 Å². The van der Waals surface area contributed by atoms with E-state index in [1.165, 1.54) is 0 Å². The maximum atomic E-state index is 11.7. The zero-order valence-corrected chi connectivity index (χ0v) is 14.5. The van der Waals surface area contributed by atoms with Gasteiger partial charge in [-0.3, -0.25) is 4.79 Å². The van der Waals surface area contributed by atoms with Gasteiger partial charge < -0.3 is 15.4 Å². The van der Waals surface area contributed by atoms with Crippen molar-refractivity contribution in [1.29, 1.82) is 0 Å². The van der Waals surface area contributed by atoms with Crippen molar-refractivity contribution in [3.8, 4) is 0 Å². The highest BCUT2D eigenvalue weighted by Crippen LogP contribution is 2.26. The lowest BCUT2D eigenvalue weighted by Crippen LogP contribution is -2.31. The van der Waals surface area contributed by atoms with Gasteiger partial charge in [0.15, 0.2) is 0 Å². The van der Waals surface area contributed by atoms with Crippen LogP contribution in [-0.4, -0.2) is 39.6 Å². The van der Waals surface area contributed by atoms with E-state index in [2.05, 4.69) is 20.3 Å². The third-order valence-electron chi connectivity index (χ3n) is 5.09. The number of carboxylic acid groups (broad SMARTS) is 1. The van der Waals surface area contributed by atoms with Crippen molar-refractivity contribution in [2.75, 3.05) is 0 Å². The molecular formula is C21H18N4O2. The van der Waals surface area contributed by atoms with E-state index in [1.54, 1.807) is 0 Å². The summed E-state index contributed by atoms with van der Waals surface area (Å²) in [7, 11) is 0. The van der Waals surface area contributed by atoms with Crippen LogP contribution in [0.5, 0.6) is 0 Å². The molecule has 4 aliphatic rings. The highest BCUT2D eigenvalue weighted by molar-refractivity contribution is 6.20. The molecule has 4 aliphatic heterocycles. The molecule has 0 aliphatic carbocycles. The van der Waals surface area contributed by atoms with Crippen molar-refractivity contribution in [3.05, 3.63) is 70.7 Å². The number of H-pyrrole nitrogens is 1. The molecule has 1 aromatic heterocycles. The number of hydrogen-bond donors (Lipinski definition) is 3. The fraction of sp³-hybridized carbons (Fsp3) is 0.190. The second-order valence-electron chi connectivity index (χ2n) is 7.06. The topological polar surface area (TPSA) is 89.8 Å². The number of nitrogens with one attached hydrogen (secondary N) is 2. The van der Waals surface area contributed by atoms with Crippen LogP contribution in [0.4, 0.5) is 0 Å². The molecule has 6 heteroatoms. The first kappa shape index (κ1) is 16.0. The second kappa shape index (κ2) is 6.17. The van der Waals surface area contributed by atoms with Crippen LogP contribution in [0.25, 0.3) is 12.2 Å². The molecule has 3 N–H and O–H groups in total. The number of hydrogen-bond acceptors (Lipinski definition) is 4. The second-order valence-corrected chi connectivity index (χ2v) is 7.06. The van der Waals surface area contributed by atoms with Gasteiger partial charge in [-0.2, -0.15) is 0 Å². The molecule has 0 saturated carbocycles. The summed E-state index contributed by atoms with van der Waals surface area (Å²) < 4.78 is 0. The molecule has 0 aromatic carbocycles. The maximum absolute atomic E-state index is 11.7. The van der Waals surface area contributed by atoms with Crippen LogP contribution in [0.15, 0.2) is 70.0 Å². The average Bonchev–Trinajstić information content (AvgIpc) is 3.38. The molecule has 5 heterocycles. The smallest absolute Gasteiger partial charge is 0.308 e. The Labute approximate surface area is 155 Å². The summed E-state index contributed by atoms with van der Waals surface area (Å²) in [5.74, 6) is -1.28. The molecule has 134 valence electrons. The van der Waals surface area contributed by atoms with Crippen LogP contribution >= 0.6 is 0 Å². The molecule has 1 fully saturated rings. The van der Waals surface area contributed by atoms with Gasteiger partial charge in [-0.25, -0.2) is 9.98 Å². The fourth-order valence-corrected chi connectivity index (χ4v) is 3.83. The monoisotopic (exact) mass is 358 g/mol. The molecule has 27 heavy (non-hydrogen) atoms. The first-order valence-corrected chi connectivity index (χ1v) is 8.97. The van der Waals surface area contributed by atoms with E-state index in [0.717, 1.165) is 33.5 Å². The Morgan fingerprint density at radius 1 is 0.963 bits per heavy atom. The third-order valence-corrected chi connectivity index (χ3v) is 5.09. The highest BCUT2D eigenvalue weighted by atomic mass is 16.4. The molecule has 5 rings (SSSR count). The molecule has 6 nitrogen and oxygen atoms in total. The van der Waals surface area contributed by atoms with E-state index in [1.807, 2.05) is 60.7 Å². The summed E-state index contributed by atoms with van der Waals surface area (Å²) in [6, 6.07) is 3.71. The van der Waals surface area contributed by atoms with Gasteiger partial charge in [0.2, 0.25) is 0 Å². The Morgan fingerprint density at radius 2 is 1.59 bits per heavy atom. The lowest BCUT2D eigenvalue weighted by atomic mass is 9.98. The van der Waals surface area contributed by atoms with Crippen molar-refractivity contribution in [2.45, 2.75) is 18.5 Å². The zero-order chi connectivity index (χ0) is 18.4. The van der Waals surface area contributed by atoms with Gasteiger partial charge >= 0.3 is 5.97 Å². The number of allylic oxidation sites excluding steroid dienone is 4. The van der Waals surface area contributed by atoms with Gasteiger partial charge in [0.1, 0.15) is 0 Å². The predicted octanol–water partition coefficient (Wildman–Crippen LogP) is 0.810. The lowest BCUT2D eigenvalue weighted by molar-refractivity contribution is -0.141.